The van der Waals surface area contributed by atoms with Crippen molar-refractivity contribution >= 4 is 5.91 Å². The molecule has 94 valence electrons. The second-order valence-corrected chi connectivity index (χ2v) is 4.63. The van der Waals surface area contributed by atoms with Gasteiger partial charge in [0.15, 0.2) is 0 Å². The van der Waals surface area contributed by atoms with E-state index in [1.165, 1.54) is 0 Å². The van der Waals surface area contributed by atoms with E-state index in [4.69, 9.17) is 4.52 Å². The summed E-state index contributed by atoms with van der Waals surface area (Å²) in [6, 6.07) is 0. The van der Waals surface area contributed by atoms with Crippen LogP contribution in [0.15, 0.2) is 10.7 Å². The Morgan fingerprint density at radius 2 is 2.29 bits per heavy atom. The molecule has 0 unspecified atom stereocenters. The molecule has 0 spiro atoms. The number of aryl methyl sites for hydroxylation is 1. The fourth-order valence-electron chi connectivity index (χ4n) is 2.27. The maximum Gasteiger partial charge on any atom is 0.292 e. The lowest BCUT2D eigenvalue weighted by Crippen LogP contribution is -2.40. The van der Waals surface area contributed by atoms with E-state index in [-0.39, 0.29) is 5.91 Å². The summed E-state index contributed by atoms with van der Waals surface area (Å²) < 4.78 is 5.00. The van der Waals surface area contributed by atoms with Crippen molar-refractivity contribution in [2.24, 2.45) is 5.92 Å². The molecule has 1 N–H and O–H groups in total. The highest BCUT2D eigenvalue weighted by Gasteiger charge is 2.26. The van der Waals surface area contributed by atoms with Gasteiger partial charge in [-0.2, -0.15) is 0 Å². The highest BCUT2D eigenvalue weighted by molar-refractivity contribution is 5.92. The third-order valence-corrected chi connectivity index (χ3v) is 3.34. The molecule has 1 fully saturated rings. The van der Waals surface area contributed by atoms with Crippen molar-refractivity contribution in [2.45, 2.75) is 19.8 Å². The summed E-state index contributed by atoms with van der Waals surface area (Å²) in [5, 5.41) is 6.84. The molecule has 1 aliphatic heterocycles. The average Bonchev–Trinajstić information content (AvgIpc) is 2.76. The molecule has 0 atom stereocenters. The van der Waals surface area contributed by atoms with Crippen LogP contribution in [0.1, 0.15) is 29.0 Å². The predicted molar refractivity (Wildman–Crippen MR) is 63.8 cm³/mol. The van der Waals surface area contributed by atoms with Crippen LogP contribution in [0.4, 0.5) is 0 Å². The molecule has 0 radical (unpaired) electrons. The van der Waals surface area contributed by atoms with Crippen molar-refractivity contribution in [3.63, 3.8) is 0 Å². The molecule has 2 heterocycles. The molecule has 1 aromatic rings. The molecule has 17 heavy (non-hydrogen) atoms. The lowest BCUT2D eigenvalue weighted by molar-refractivity contribution is 0.0648. The lowest BCUT2D eigenvalue weighted by atomic mass is 9.96. The molecule has 5 heteroatoms. The van der Waals surface area contributed by atoms with Gasteiger partial charge in [-0.1, -0.05) is 5.16 Å². The van der Waals surface area contributed by atoms with Crippen molar-refractivity contribution in [3.8, 4) is 0 Å². The standard InChI is InChI=1S/C12H19N3O2/c1-9-7-14-17-11(9)12(16)15-5-3-10(4-6-15)8-13-2/h7,10,13H,3-6,8H2,1-2H3. The summed E-state index contributed by atoms with van der Waals surface area (Å²) >= 11 is 0. The number of hydrogen-bond donors (Lipinski definition) is 1. The van der Waals surface area contributed by atoms with Crippen molar-refractivity contribution in [3.05, 3.63) is 17.5 Å². The van der Waals surface area contributed by atoms with E-state index < -0.39 is 0 Å². The van der Waals surface area contributed by atoms with E-state index in [1.807, 2.05) is 18.9 Å². The summed E-state index contributed by atoms with van der Waals surface area (Å²) in [5.41, 5.74) is 0.812. The van der Waals surface area contributed by atoms with Crippen LogP contribution >= 0.6 is 0 Å². The monoisotopic (exact) mass is 237 g/mol. The van der Waals surface area contributed by atoms with Gasteiger partial charge < -0.3 is 14.7 Å². The third-order valence-electron chi connectivity index (χ3n) is 3.34. The van der Waals surface area contributed by atoms with Gasteiger partial charge in [-0.3, -0.25) is 4.79 Å². The van der Waals surface area contributed by atoms with E-state index in [1.54, 1.807) is 6.20 Å². The quantitative estimate of drug-likeness (QED) is 0.854. The smallest absolute Gasteiger partial charge is 0.292 e. The normalized spacial score (nSPS) is 17.4. The third kappa shape index (κ3) is 2.66. The minimum Gasteiger partial charge on any atom is -0.351 e. The number of nitrogens with one attached hydrogen (secondary N) is 1. The number of hydrogen-bond acceptors (Lipinski definition) is 4. The average molecular weight is 237 g/mol. The number of carbonyl (C=O) groups excluding carboxylic acids is 1. The van der Waals surface area contributed by atoms with Gasteiger partial charge in [-0.05, 0) is 39.3 Å². The fourth-order valence-corrected chi connectivity index (χ4v) is 2.27. The lowest BCUT2D eigenvalue weighted by Gasteiger charge is -2.31. The van der Waals surface area contributed by atoms with E-state index >= 15 is 0 Å². The second kappa shape index (κ2) is 5.31. The van der Waals surface area contributed by atoms with Crippen LogP contribution < -0.4 is 5.32 Å². The molecule has 1 amide bonds. The van der Waals surface area contributed by atoms with Gasteiger partial charge in [0, 0.05) is 18.7 Å². The first-order chi connectivity index (χ1) is 8.22. The zero-order chi connectivity index (χ0) is 12.3. The largest absolute Gasteiger partial charge is 0.351 e. The first-order valence-electron chi connectivity index (χ1n) is 6.07. The number of likely N-dealkylation sites (tertiary alicyclic amines) is 1. The van der Waals surface area contributed by atoms with E-state index in [0.717, 1.165) is 38.0 Å². The SMILES string of the molecule is CNCC1CCN(C(=O)c2oncc2C)CC1. The van der Waals surface area contributed by atoms with Crippen molar-refractivity contribution in [2.75, 3.05) is 26.7 Å². The molecule has 2 rings (SSSR count). The zero-order valence-electron chi connectivity index (χ0n) is 10.4. The summed E-state index contributed by atoms with van der Waals surface area (Å²) in [6.07, 6.45) is 3.69. The maximum atomic E-state index is 12.1. The zero-order valence-corrected chi connectivity index (χ0v) is 10.4. The number of piperidine rings is 1. The second-order valence-electron chi connectivity index (χ2n) is 4.63. The van der Waals surface area contributed by atoms with Crippen LogP contribution in [-0.4, -0.2) is 42.6 Å². The molecular formula is C12H19N3O2. The van der Waals surface area contributed by atoms with Gasteiger partial charge >= 0.3 is 0 Å². The molecule has 5 nitrogen and oxygen atoms in total. The number of nitrogens with zero attached hydrogens (tertiary/aromatic N) is 2. The predicted octanol–water partition coefficient (Wildman–Crippen LogP) is 1.05. The Morgan fingerprint density at radius 1 is 1.59 bits per heavy atom. The van der Waals surface area contributed by atoms with Crippen LogP contribution in [-0.2, 0) is 0 Å². The molecule has 0 bridgehead atoms. The highest BCUT2D eigenvalue weighted by atomic mass is 16.5. The topological polar surface area (TPSA) is 58.4 Å². The Labute approximate surface area is 101 Å². The first kappa shape index (κ1) is 12.1. The van der Waals surface area contributed by atoms with E-state index in [0.29, 0.717) is 11.7 Å². The van der Waals surface area contributed by atoms with Gasteiger partial charge in [0.25, 0.3) is 5.91 Å². The minimum absolute atomic E-state index is 0.0251. The molecular weight excluding hydrogens is 218 g/mol. The van der Waals surface area contributed by atoms with Gasteiger partial charge in [0.05, 0.1) is 6.20 Å². The summed E-state index contributed by atoms with van der Waals surface area (Å²) in [5.74, 6) is 1.04. The fraction of sp³-hybridized carbons (Fsp3) is 0.667. The summed E-state index contributed by atoms with van der Waals surface area (Å²) in [7, 11) is 1.97. The number of amides is 1. The highest BCUT2D eigenvalue weighted by Crippen LogP contribution is 2.19. The summed E-state index contributed by atoms with van der Waals surface area (Å²) in [4.78, 5) is 14.0. The summed E-state index contributed by atoms with van der Waals surface area (Å²) in [6.45, 7) is 4.50. The van der Waals surface area contributed by atoms with Crippen molar-refractivity contribution < 1.29 is 9.32 Å². The molecule has 1 aromatic heterocycles. The number of aromatic nitrogens is 1. The van der Waals surface area contributed by atoms with Gasteiger partial charge in [-0.15, -0.1) is 0 Å². The van der Waals surface area contributed by atoms with Gasteiger partial charge in [-0.25, -0.2) is 0 Å². The Hall–Kier alpha value is -1.36. The maximum absolute atomic E-state index is 12.1. The van der Waals surface area contributed by atoms with Crippen LogP contribution in [0.3, 0.4) is 0 Å². The van der Waals surface area contributed by atoms with Crippen LogP contribution in [0.2, 0.25) is 0 Å². The number of carbonyl (C=O) groups is 1. The Balaban J connectivity index is 1.93. The Kier molecular flexibility index (Phi) is 3.78. The van der Waals surface area contributed by atoms with Crippen LogP contribution in [0.5, 0.6) is 0 Å². The molecule has 1 aliphatic rings. The van der Waals surface area contributed by atoms with E-state index in [9.17, 15) is 4.79 Å². The minimum atomic E-state index is -0.0251. The molecule has 0 aliphatic carbocycles. The van der Waals surface area contributed by atoms with Crippen LogP contribution in [0, 0.1) is 12.8 Å². The molecule has 0 saturated carbocycles. The van der Waals surface area contributed by atoms with E-state index in [2.05, 4.69) is 10.5 Å². The Morgan fingerprint density at radius 3 is 2.82 bits per heavy atom. The van der Waals surface area contributed by atoms with Crippen LogP contribution in [0.25, 0.3) is 0 Å². The van der Waals surface area contributed by atoms with Crippen molar-refractivity contribution in [1.29, 1.82) is 0 Å². The Bertz CT molecular complexity index is 381. The molecule has 0 aromatic carbocycles. The first-order valence-corrected chi connectivity index (χ1v) is 6.07. The van der Waals surface area contributed by atoms with Gasteiger partial charge in [0.2, 0.25) is 5.76 Å². The number of rotatable bonds is 3. The van der Waals surface area contributed by atoms with Gasteiger partial charge in [0.1, 0.15) is 0 Å². The van der Waals surface area contributed by atoms with Crippen molar-refractivity contribution in [1.82, 2.24) is 15.4 Å². The molecule has 1 saturated heterocycles.